The number of Topliss-reactive ketones (excluding diaryl/α,β-unsaturated/α-hetero) is 1. The van der Waals surface area contributed by atoms with Gasteiger partial charge in [-0.3, -0.25) is 14.9 Å². The lowest BCUT2D eigenvalue weighted by Crippen LogP contribution is -2.45. The fourth-order valence-corrected chi connectivity index (χ4v) is 7.21. The first-order valence-electron chi connectivity index (χ1n) is 10.9. The van der Waals surface area contributed by atoms with E-state index in [2.05, 4.69) is 23.1 Å². The number of hydrogen-bond acceptors (Lipinski definition) is 7. The normalized spacial score (nSPS) is 28.7. The Morgan fingerprint density at radius 3 is 2.56 bits per heavy atom. The van der Waals surface area contributed by atoms with Crippen molar-refractivity contribution in [3.8, 4) is 0 Å². The highest BCUT2D eigenvalue weighted by molar-refractivity contribution is 7.97. The van der Waals surface area contributed by atoms with Gasteiger partial charge in [0, 0.05) is 56.0 Å². The summed E-state index contributed by atoms with van der Waals surface area (Å²) in [6, 6.07) is 0.552. The number of pyridine rings is 1. The molecule has 2 aliphatic carbocycles. The molecule has 32 heavy (non-hydrogen) atoms. The van der Waals surface area contributed by atoms with Crippen LogP contribution in [0.2, 0.25) is 0 Å². The highest BCUT2D eigenvalue weighted by atomic mass is 32.2. The van der Waals surface area contributed by atoms with Crippen LogP contribution in [-0.4, -0.2) is 51.9 Å². The smallest absolute Gasteiger partial charge is 0.348 e. The molecule has 2 heterocycles. The molecule has 3 atom stereocenters. The fraction of sp³-hybridized carbons (Fsp3) is 0.714. The minimum atomic E-state index is -4.68. The number of halogens is 3. The number of hydrogen-bond donors (Lipinski definition) is 0. The van der Waals surface area contributed by atoms with E-state index >= 15 is 0 Å². The monoisotopic (exact) mass is 472 g/mol. The molecule has 3 aliphatic rings. The van der Waals surface area contributed by atoms with E-state index in [4.69, 9.17) is 0 Å². The van der Waals surface area contributed by atoms with Gasteiger partial charge < -0.3 is 4.90 Å². The quantitative estimate of drug-likeness (QED) is 0.344. The molecule has 1 aromatic heterocycles. The van der Waals surface area contributed by atoms with Crippen LogP contribution in [0.3, 0.4) is 0 Å². The summed E-state index contributed by atoms with van der Waals surface area (Å²) in [5.41, 5.74) is -2.00. The number of ketones is 1. The van der Waals surface area contributed by atoms with Crippen molar-refractivity contribution in [2.45, 2.75) is 39.3 Å². The van der Waals surface area contributed by atoms with Crippen molar-refractivity contribution in [1.29, 1.82) is 0 Å². The van der Waals surface area contributed by atoms with Crippen LogP contribution in [0.15, 0.2) is 12.3 Å². The Kier molecular flexibility index (Phi) is 6.17. The predicted octanol–water partition coefficient (Wildman–Crippen LogP) is 4.42. The van der Waals surface area contributed by atoms with Crippen molar-refractivity contribution in [3.05, 3.63) is 27.9 Å². The van der Waals surface area contributed by atoms with Gasteiger partial charge >= 0.3 is 11.9 Å². The molecular weight excluding hydrogens is 445 g/mol. The molecule has 0 N–H and O–H groups in total. The largest absolute Gasteiger partial charge is 0.418 e. The number of nitro groups is 1. The highest BCUT2D eigenvalue weighted by Crippen LogP contribution is 2.60. The van der Waals surface area contributed by atoms with Gasteiger partial charge in [-0.2, -0.15) is 13.2 Å². The van der Waals surface area contributed by atoms with Crippen molar-refractivity contribution in [3.63, 3.8) is 0 Å². The summed E-state index contributed by atoms with van der Waals surface area (Å²) in [4.78, 5) is 28.8. The molecule has 0 spiro atoms. The average molecular weight is 473 g/mol. The van der Waals surface area contributed by atoms with Crippen LogP contribution < -0.4 is 4.90 Å². The lowest BCUT2D eigenvalue weighted by Gasteiger charge is -2.38. The number of piperazine rings is 1. The Labute approximate surface area is 189 Å². The maximum atomic E-state index is 12.9. The summed E-state index contributed by atoms with van der Waals surface area (Å²) in [6.07, 6.45) is -1.27. The van der Waals surface area contributed by atoms with Gasteiger partial charge in [-0.15, -0.1) is 0 Å². The van der Waals surface area contributed by atoms with E-state index in [1.165, 1.54) is 0 Å². The summed E-state index contributed by atoms with van der Waals surface area (Å²) in [6.45, 7) is 6.41. The standard InChI is InChI=1S/C21H27F3N4O3S/c1-13(2)18-14-3-4-20(18,17(29)9-14)12-32-27-7-5-26(6-8-27)19-16(28(30)31)10-15(11-25-19)21(22,23)24/h10-11,13-14,18H,3-9,12H2,1-2H3/t14-,18?,20-/m1/s1. The molecule has 7 nitrogen and oxygen atoms in total. The molecule has 3 fully saturated rings. The van der Waals surface area contributed by atoms with E-state index < -0.39 is 22.4 Å². The third-order valence-corrected chi connectivity index (χ3v) is 8.62. The van der Waals surface area contributed by atoms with Crippen LogP contribution in [0.25, 0.3) is 0 Å². The zero-order valence-corrected chi connectivity index (χ0v) is 18.9. The second kappa shape index (κ2) is 8.48. The molecule has 0 radical (unpaired) electrons. The number of carbonyl (C=O) groups is 1. The molecule has 1 aromatic rings. The van der Waals surface area contributed by atoms with Crippen LogP contribution in [0.5, 0.6) is 0 Å². The zero-order valence-electron chi connectivity index (χ0n) is 18.1. The summed E-state index contributed by atoms with van der Waals surface area (Å²) >= 11 is 1.67. The maximum Gasteiger partial charge on any atom is 0.418 e. The number of carbonyl (C=O) groups excluding carboxylic acids is 1. The molecule has 1 unspecified atom stereocenters. The summed E-state index contributed by atoms with van der Waals surface area (Å²) in [5.74, 6) is 2.52. The molecule has 1 saturated heterocycles. The van der Waals surface area contributed by atoms with Gasteiger partial charge in [-0.1, -0.05) is 25.8 Å². The number of nitrogens with zero attached hydrogens (tertiary/aromatic N) is 4. The molecule has 11 heteroatoms. The molecule has 176 valence electrons. The number of anilines is 1. The van der Waals surface area contributed by atoms with Gasteiger partial charge in [-0.05, 0) is 30.6 Å². The van der Waals surface area contributed by atoms with E-state index in [1.807, 2.05) is 0 Å². The maximum absolute atomic E-state index is 12.9. The molecule has 0 aromatic carbocycles. The minimum Gasteiger partial charge on any atom is -0.348 e. The van der Waals surface area contributed by atoms with E-state index in [0.29, 0.717) is 68.4 Å². The molecule has 4 rings (SSSR count). The zero-order chi connectivity index (χ0) is 23.3. The van der Waals surface area contributed by atoms with E-state index in [0.717, 1.165) is 18.6 Å². The second-order valence-electron chi connectivity index (χ2n) is 9.36. The first kappa shape index (κ1) is 23.3. The van der Waals surface area contributed by atoms with Gasteiger partial charge in [0.05, 0.1) is 10.5 Å². The van der Waals surface area contributed by atoms with Crippen molar-refractivity contribution < 1.29 is 22.9 Å². The van der Waals surface area contributed by atoms with Gasteiger partial charge in [0.15, 0.2) is 0 Å². The third kappa shape index (κ3) is 4.09. The van der Waals surface area contributed by atoms with Gasteiger partial charge in [0.25, 0.3) is 0 Å². The fourth-order valence-electron chi connectivity index (χ4n) is 5.88. The minimum absolute atomic E-state index is 0.0317. The lowest BCUT2D eigenvalue weighted by atomic mass is 9.75. The van der Waals surface area contributed by atoms with Crippen molar-refractivity contribution in [1.82, 2.24) is 9.29 Å². The van der Waals surface area contributed by atoms with Crippen molar-refractivity contribution >= 4 is 29.2 Å². The van der Waals surface area contributed by atoms with E-state index in [1.54, 1.807) is 16.8 Å². The van der Waals surface area contributed by atoms with E-state index in [9.17, 15) is 28.1 Å². The van der Waals surface area contributed by atoms with Crippen LogP contribution >= 0.6 is 11.9 Å². The lowest BCUT2D eigenvalue weighted by molar-refractivity contribution is -0.384. The number of alkyl halides is 3. The average Bonchev–Trinajstić information content (AvgIpc) is 3.23. The third-order valence-electron chi connectivity index (χ3n) is 7.24. The van der Waals surface area contributed by atoms with E-state index in [-0.39, 0.29) is 11.2 Å². The summed E-state index contributed by atoms with van der Waals surface area (Å²) in [5, 5.41) is 11.4. The Morgan fingerprint density at radius 1 is 1.31 bits per heavy atom. The Hall–Kier alpha value is -1.88. The first-order valence-corrected chi connectivity index (χ1v) is 11.8. The predicted molar refractivity (Wildman–Crippen MR) is 115 cm³/mol. The van der Waals surface area contributed by atoms with Crippen molar-refractivity contribution in [2.24, 2.45) is 23.2 Å². The van der Waals surface area contributed by atoms with Gasteiger partial charge in [-0.25, -0.2) is 9.29 Å². The molecule has 0 amide bonds. The molecule has 2 saturated carbocycles. The van der Waals surface area contributed by atoms with Crippen LogP contribution in [0.1, 0.15) is 38.7 Å². The van der Waals surface area contributed by atoms with Crippen LogP contribution in [0, 0.1) is 33.3 Å². The Bertz CT molecular complexity index is 905. The second-order valence-corrected chi connectivity index (χ2v) is 10.4. The molecule has 2 bridgehead atoms. The summed E-state index contributed by atoms with van der Waals surface area (Å²) < 4.78 is 40.9. The number of rotatable bonds is 6. The molecule has 1 aliphatic heterocycles. The van der Waals surface area contributed by atoms with Gasteiger partial charge in [0.2, 0.25) is 5.82 Å². The number of aromatic nitrogens is 1. The number of fused-ring (bicyclic) bond motifs is 2. The first-order chi connectivity index (χ1) is 15.0. The summed E-state index contributed by atoms with van der Waals surface area (Å²) in [7, 11) is 0. The molecular formula is C21H27F3N4O3S. The van der Waals surface area contributed by atoms with Crippen LogP contribution in [0.4, 0.5) is 24.7 Å². The van der Waals surface area contributed by atoms with Crippen molar-refractivity contribution in [2.75, 3.05) is 36.8 Å². The van der Waals surface area contributed by atoms with Crippen LogP contribution in [-0.2, 0) is 11.0 Å². The SMILES string of the molecule is CC(C)C1[C@@H]2CC[C@@]1(CSN1CCN(c3ncc(C(F)(F)F)cc3[N+](=O)[O-])CC1)C(=O)C2. The highest BCUT2D eigenvalue weighted by Gasteiger charge is 2.59. The Morgan fingerprint density at radius 2 is 2.00 bits per heavy atom. The topological polar surface area (TPSA) is 79.6 Å². The van der Waals surface area contributed by atoms with Gasteiger partial charge in [0.1, 0.15) is 5.78 Å². The Balaban J connectivity index is 1.40.